The van der Waals surface area contributed by atoms with Gasteiger partial charge in [-0.25, -0.2) is 13.8 Å². The van der Waals surface area contributed by atoms with Crippen molar-refractivity contribution < 1.29 is 13.5 Å². The second-order valence-corrected chi connectivity index (χ2v) is 5.48. The molecule has 4 heteroatoms. The van der Waals surface area contributed by atoms with E-state index in [1.54, 1.807) is 0 Å². The van der Waals surface area contributed by atoms with Crippen LogP contribution in [0.5, 0.6) is 5.88 Å². The van der Waals surface area contributed by atoms with Gasteiger partial charge in [-0.15, -0.1) is 0 Å². The van der Waals surface area contributed by atoms with Crippen LogP contribution >= 0.6 is 0 Å². The summed E-state index contributed by atoms with van der Waals surface area (Å²) in [6, 6.07) is 2.70. The first kappa shape index (κ1) is 11.9. The van der Waals surface area contributed by atoms with Crippen LogP contribution in [0.2, 0.25) is 0 Å². The Morgan fingerprint density at radius 3 is 2.56 bits per heavy atom. The quantitative estimate of drug-likeness (QED) is 0.813. The molecule has 3 rings (SSSR count). The highest BCUT2D eigenvalue weighted by Crippen LogP contribution is 2.43. The minimum absolute atomic E-state index is 0.0150. The maximum atomic E-state index is 12.6. The lowest BCUT2D eigenvalue weighted by Gasteiger charge is -2.27. The molecule has 1 aromatic heterocycles. The fraction of sp³-hybridized carbons (Fsp3) is 0.643. The van der Waals surface area contributed by atoms with E-state index < -0.39 is 6.43 Å². The first-order valence-electron chi connectivity index (χ1n) is 6.61. The van der Waals surface area contributed by atoms with Gasteiger partial charge < -0.3 is 4.74 Å². The van der Waals surface area contributed by atoms with Crippen molar-refractivity contribution in [3.8, 4) is 5.88 Å². The van der Waals surface area contributed by atoms with Gasteiger partial charge in [0, 0.05) is 17.8 Å². The monoisotopic (exact) mass is 253 g/mol. The van der Waals surface area contributed by atoms with Crippen molar-refractivity contribution in [2.24, 2.45) is 11.8 Å². The third-order valence-corrected chi connectivity index (χ3v) is 4.14. The normalized spacial score (nSPS) is 30.7. The van der Waals surface area contributed by atoms with Crippen molar-refractivity contribution >= 4 is 0 Å². The molecular weight excluding hydrogens is 236 g/mol. The molecule has 2 aliphatic carbocycles. The summed E-state index contributed by atoms with van der Waals surface area (Å²) in [5, 5.41) is 0. The highest BCUT2D eigenvalue weighted by Gasteiger charge is 2.35. The van der Waals surface area contributed by atoms with Crippen LogP contribution in [0.3, 0.4) is 0 Å². The van der Waals surface area contributed by atoms with E-state index in [0.717, 1.165) is 24.7 Å². The predicted octanol–water partition coefficient (Wildman–Crippen LogP) is 3.98. The van der Waals surface area contributed by atoms with Crippen LogP contribution in [-0.2, 0) is 0 Å². The van der Waals surface area contributed by atoms with Gasteiger partial charge in [0.05, 0.1) is 0 Å². The van der Waals surface area contributed by atoms with Gasteiger partial charge in [-0.2, -0.15) is 0 Å². The van der Waals surface area contributed by atoms with Gasteiger partial charge in [0.25, 0.3) is 6.43 Å². The van der Waals surface area contributed by atoms with E-state index in [1.807, 2.05) is 0 Å². The summed E-state index contributed by atoms with van der Waals surface area (Å²) in [5.74, 6) is 1.89. The fourth-order valence-corrected chi connectivity index (χ4v) is 3.34. The molecule has 1 aromatic rings. The highest BCUT2D eigenvalue weighted by atomic mass is 19.3. The molecule has 98 valence electrons. The molecular formula is C14H17F2NO. The molecule has 2 saturated carbocycles. The Kier molecular flexibility index (Phi) is 3.18. The second-order valence-electron chi connectivity index (χ2n) is 5.48. The minimum Gasteiger partial charge on any atom is -0.474 e. The van der Waals surface area contributed by atoms with E-state index in [0.29, 0.717) is 5.88 Å². The summed E-state index contributed by atoms with van der Waals surface area (Å²) in [5.41, 5.74) is -0.0150. The number of pyridine rings is 1. The average Bonchev–Trinajstić information content (AvgIpc) is 2.69. The van der Waals surface area contributed by atoms with Crippen LogP contribution in [0.25, 0.3) is 0 Å². The Labute approximate surface area is 105 Å². The van der Waals surface area contributed by atoms with Gasteiger partial charge in [-0.3, -0.25) is 0 Å². The van der Waals surface area contributed by atoms with E-state index in [9.17, 15) is 8.78 Å². The van der Waals surface area contributed by atoms with Crippen LogP contribution in [-0.4, -0.2) is 11.1 Å². The number of hydrogen-bond acceptors (Lipinski definition) is 2. The molecule has 2 aliphatic rings. The maximum absolute atomic E-state index is 12.6. The van der Waals surface area contributed by atoms with Crippen molar-refractivity contribution in [1.82, 2.24) is 4.98 Å². The zero-order valence-corrected chi connectivity index (χ0v) is 10.2. The average molecular weight is 253 g/mol. The SMILES string of the molecule is FC(F)c1ccnc(O[C@@H]2C[C@@H]3CC[C@@H](C3)C2)c1. The summed E-state index contributed by atoms with van der Waals surface area (Å²) in [6.45, 7) is 0. The van der Waals surface area contributed by atoms with Crippen molar-refractivity contribution in [2.45, 2.75) is 44.6 Å². The molecule has 2 nitrogen and oxygen atoms in total. The van der Waals surface area contributed by atoms with Crippen LogP contribution in [0.1, 0.15) is 44.1 Å². The Morgan fingerprint density at radius 2 is 1.89 bits per heavy atom. The number of halogens is 2. The predicted molar refractivity (Wildman–Crippen MR) is 63.7 cm³/mol. The summed E-state index contributed by atoms with van der Waals surface area (Å²) in [4.78, 5) is 4.03. The molecule has 2 bridgehead atoms. The topological polar surface area (TPSA) is 22.1 Å². The molecule has 0 radical (unpaired) electrons. The van der Waals surface area contributed by atoms with Crippen molar-refractivity contribution in [3.63, 3.8) is 0 Å². The van der Waals surface area contributed by atoms with E-state index in [1.165, 1.54) is 37.6 Å². The Balaban J connectivity index is 1.67. The summed E-state index contributed by atoms with van der Waals surface area (Å²) >= 11 is 0. The highest BCUT2D eigenvalue weighted by molar-refractivity contribution is 5.21. The molecule has 1 heterocycles. The lowest BCUT2D eigenvalue weighted by Crippen LogP contribution is -2.26. The number of rotatable bonds is 3. The van der Waals surface area contributed by atoms with Crippen LogP contribution in [0.4, 0.5) is 8.78 Å². The summed E-state index contributed by atoms with van der Waals surface area (Å²) in [6.07, 6.45) is 5.13. The number of alkyl halides is 2. The van der Waals surface area contributed by atoms with E-state index in [4.69, 9.17) is 4.74 Å². The largest absolute Gasteiger partial charge is 0.474 e. The molecule has 3 atom stereocenters. The molecule has 0 saturated heterocycles. The minimum atomic E-state index is -2.46. The van der Waals surface area contributed by atoms with Crippen LogP contribution < -0.4 is 4.74 Å². The van der Waals surface area contributed by atoms with E-state index in [-0.39, 0.29) is 11.7 Å². The molecule has 0 spiro atoms. The number of ether oxygens (including phenoxy) is 1. The van der Waals surface area contributed by atoms with Crippen LogP contribution in [0.15, 0.2) is 18.3 Å². The Morgan fingerprint density at radius 1 is 1.17 bits per heavy atom. The first-order chi connectivity index (χ1) is 8.70. The number of hydrogen-bond donors (Lipinski definition) is 0. The third-order valence-electron chi connectivity index (χ3n) is 4.14. The lowest BCUT2D eigenvalue weighted by atomic mass is 9.87. The molecule has 2 fully saturated rings. The van der Waals surface area contributed by atoms with Gasteiger partial charge in [0.2, 0.25) is 5.88 Å². The van der Waals surface area contributed by atoms with Gasteiger partial charge >= 0.3 is 0 Å². The second kappa shape index (κ2) is 4.82. The van der Waals surface area contributed by atoms with Gasteiger partial charge in [-0.05, 0) is 37.2 Å². The number of aromatic nitrogens is 1. The Bertz CT molecular complexity index is 412. The van der Waals surface area contributed by atoms with E-state index >= 15 is 0 Å². The zero-order chi connectivity index (χ0) is 12.5. The molecule has 18 heavy (non-hydrogen) atoms. The van der Waals surface area contributed by atoms with Crippen molar-refractivity contribution in [1.29, 1.82) is 0 Å². The van der Waals surface area contributed by atoms with Crippen molar-refractivity contribution in [3.05, 3.63) is 23.9 Å². The summed E-state index contributed by atoms with van der Waals surface area (Å²) in [7, 11) is 0. The number of nitrogens with zero attached hydrogens (tertiary/aromatic N) is 1. The molecule has 0 amide bonds. The standard InChI is InChI=1S/C14H17F2NO/c15-14(16)11-3-4-17-13(8-11)18-12-6-9-1-2-10(5-9)7-12/h3-4,8-10,12,14H,1-2,5-7H2/t9-,10+,12-. The van der Waals surface area contributed by atoms with Gasteiger partial charge in [0.15, 0.2) is 0 Å². The molecule has 0 unspecified atom stereocenters. The molecule has 0 aliphatic heterocycles. The third kappa shape index (κ3) is 2.47. The number of fused-ring (bicyclic) bond motifs is 2. The van der Waals surface area contributed by atoms with Gasteiger partial charge in [-0.1, -0.05) is 12.8 Å². The maximum Gasteiger partial charge on any atom is 0.264 e. The fourth-order valence-electron chi connectivity index (χ4n) is 3.34. The summed E-state index contributed by atoms with van der Waals surface area (Å²) < 4.78 is 30.9. The molecule has 0 N–H and O–H groups in total. The van der Waals surface area contributed by atoms with Gasteiger partial charge in [0.1, 0.15) is 6.10 Å². The van der Waals surface area contributed by atoms with Crippen molar-refractivity contribution in [2.75, 3.05) is 0 Å². The Hall–Kier alpha value is -1.19. The smallest absolute Gasteiger partial charge is 0.264 e. The van der Waals surface area contributed by atoms with E-state index in [2.05, 4.69) is 4.98 Å². The molecule has 0 aromatic carbocycles. The zero-order valence-electron chi connectivity index (χ0n) is 10.2. The lowest BCUT2D eigenvalue weighted by molar-refractivity contribution is 0.112. The van der Waals surface area contributed by atoms with Crippen LogP contribution in [0, 0.1) is 11.8 Å². The first-order valence-corrected chi connectivity index (χ1v) is 6.61.